The van der Waals surface area contributed by atoms with Gasteiger partial charge in [0.05, 0.1) is 12.7 Å². The van der Waals surface area contributed by atoms with Crippen molar-refractivity contribution >= 4 is 11.7 Å². The van der Waals surface area contributed by atoms with Crippen LogP contribution in [0.15, 0.2) is 12.1 Å². The number of nitrogen functional groups attached to an aromatic ring is 1. The van der Waals surface area contributed by atoms with Gasteiger partial charge in [0.25, 0.3) is 5.91 Å². The van der Waals surface area contributed by atoms with Crippen LogP contribution < -0.4 is 11.3 Å². The van der Waals surface area contributed by atoms with Crippen LogP contribution in [-0.2, 0) is 4.74 Å². The number of nitrogens with one attached hydrogen (secondary N) is 1. The quantitative estimate of drug-likeness (QED) is 0.502. The Morgan fingerprint density at radius 2 is 2.19 bits per heavy atom. The first-order valence-electron chi connectivity index (χ1n) is 6.80. The number of amides is 1. The highest BCUT2D eigenvalue weighted by molar-refractivity contribution is 5.94. The Kier molecular flexibility index (Phi) is 6.54. The molecule has 0 aromatic carbocycles. The molecule has 1 aromatic heterocycles. The number of pyridine rings is 1. The zero-order chi connectivity index (χ0) is 16.0. The third-order valence-corrected chi connectivity index (χ3v) is 3.02. The zero-order valence-electron chi connectivity index (χ0n) is 13.0. The van der Waals surface area contributed by atoms with E-state index in [-0.39, 0.29) is 25.0 Å². The Morgan fingerprint density at radius 1 is 1.52 bits per heavy atom. The molecule has 1 aromatic rings. The maximum absolute atomic E-state index is 12.4. The van der Waals surface area contributed by atoms with Crippen molar-refractivity contribution in [3.8, 4) is 0 Å². The summed E-state index contributed by atoms with van der Waals surface area (Å²) in [7, 11) is 3.13. The van der Waals surface area contributed by atoms with E-state index >= 15 is 0 Å². The molecule has 7 nitrogen and oxygen atoms in total. The molecule has 0 aliphatic rings. The van der Waals surface area contributed by atoms with Crippen molar-refractivity contribution in [2.24, 2.45) is 5.84 Å². The summed E-state index contributed by atoms with van der Waals surface area (Å²) >= 11 is 0. The molecule has 1 amide bonds. The van der Waals surface area contributed by atoms with Crippen LogP contribution in [0.2, 0.25) is 0 Å². The van der Waals surface area contributed by atoms with E-state index in [0.29, 0.717) is 11.4 Å². The molecule has 1 heterocycles. The average Bonchev–Trinajstić information content (AvgIpc) is 2.45. The molecular formula is C14H24N4O3. The molecule has 0 spiro atoms. The first kappa shape index (κ1) is 17.4. The summed E-state index contributed by atoms with van der Waals surface area (Å²) in [6.07, 6.45) is -0.720. The number of aliphatic hydroxyl groups excluding tert-OH is 1. The van der Waals surface area contributed by atoms with Gasteiger partial charge in [0.2, 0.25) is 0 Å². The van der Waals surface area contributed by atoms with E-state index in [9.17, 15) is 9.90 Å². The largest absolute Gasteiger partial charge is 0.389 e. The van der Waals surface area contributed by atoms with E-state index in [2.05, 4.69) is 10.4 Å². The van der Waals surface area contributed by atoms with Crippen molar-refractivity contribution in [3.63, 3.8) is 0 Å². The summed E-state index contributed by atoms with van der Waals surface area (Å²) in [5.41, 5.74) is 3.72. The molecular weight excluding hydrogens is 272 g/mol. The van der Waals surface area contributed by atoms with Crippen LogP contribution in [0.25, 0.3) is 0 Å². The number of rotatable bonds is 7. The number of hydrogen-bond donors (Lipinski definition) is 3. The minimum absolute atomic E-state index is 0.175. The van der Waals surface area contributed by atoms with Gasteiger partial charge in [-0.15, -0.1) is 0 Å². The lowest BCUT2D eigenvalue weighted by molar-refractivity contribution is 0.0380. The topological polar surface area (TPSA) is 101 Å². The number of methoxy groups -OCH3 is 1. The summed E-state index contributed by atoms with van der Waals surface area (Å²) < 4.78 is 4.85. The van der Waals surface area contributed by atoms with Gasteiger partial charge in [0, 0.05) is 32.0 Å². The number of aromatic nitrogens is 1. The van der Waals surface area contributed by atoms with Crippen LogP contribution >= 0.6 is 0 Å². The predicted octanol–water partition coefficient (Wildman–Crippen LogP) is 0.570. The molecule has 0 bridgehead atoms. The van der Waals surface area contributed by atoms with Gasteiger partial charge in [-0.1, -0.05) is 13.8 Å². The van der Waals surface area contributed by atoms with Crippen molar-refractivity contribution < 1.29 is 14.6 Å². The lowest BCUT2D eigenvalue weighted by atomic mass is 10.1. The number of carbonyl (C=O) groups excluding carboxylic acids is 1. The standard InChI is InChI=1S/C14H24N4O3/c1-9(2)12-5-10(6-13(16-12)17-15)14(20)18(3)7-11(19)8-21-4/h5-6,9,11,19H,7-8,15H2,1-4H3,(H,16,17). The minimum Gasteiger partial charge on any atom is -0.389 e. The molecule has 1 rings (SSSR count). The number of anilines is 1. The van der Waals surface area contributed by atoms with Crippen LogP contribution in [0.4, 0.5) is 5.82 Å². The highest BCUT2D eigenvalue weighted by Gasteiger charge is 2.17. The van der Waals surface area contributed by atoms with Gasteiger partial charge in [-0.2, -0.15) is 0 Å². The number of ether oxygens (including phenoxy) is 1. The summed E-state index contributed by atoms with van der Waals surface area (Å²) in [6.45, 7) is 4.35. The Labute approximate surface area is 125 Å². The number of hydrogen-bond acceptors (Lipinski definition) is 6. The Hall–Kier alpha value is -1.70. The molecule has 0 fully saturated rings. The summed E-state index contributed by atoms with van der Waals surface area (Å²) in [5, 5.41) is 9.70. The first-order chi connectivity index (χ1) is 9.88. The highest BCUT2D eigenvalue weighted by atomic mass is 16.5. The van der Waals surface area contributed by atoms with Crippen molar-refractivity contribution in [2.75, 3.05) is 32.7 Å². The number of hydrazine groups is 1. The van der Waals surface area contributed by atoms with Gasteiger partial charge in [0.15, 0.2) is 0 Å². The molecule has 0 saturated carbocycles. The van der Waals surface area contributed by atoms with E-state index in [0.717, 1.165) is 5.69 Å². The second-order valence-corrected chi connectivity index (χ2v) is 5.26. The Morgan fingerprint density at radius 3 is 2.71 bits per heavy atom. The van der Waals surface area contributed by atoms with Crippen molar-refractivity contribution in [3.05, 3.63) is 23.4 Å². The molecule has 4 N–H and O–H groups in total. The van der Waals surface area contributed by atoms with Crippen molar-refractivity contribution in [1.82, 2.24) is 9.88 Å². The summed E-state index contributed by atoms with van der Waals surface area (Å²) in [6, 6.07) is 3.33. The average molecular weight is 296 g/mol. The van der Waals surface area contributed by atoms with E-state index in [1.807, 2.05) is 13.8 Å². The normalized spacial score (nSPS) is 12.3. The molecule has 0 saturated heterocycles. The number of nitrogens with two attached hydrogens (primary N) is 1. The van der Waals surface area contributed by atoms with Crippen molar-refractivity contribution in [1.29, 1.82) is 0 Å². The Balaban J connectivity index is 2.92. The van der Waals surface area contributed by atoms with Crippen molar-refractivity contribution in [2.45, 2.75) is 25.9 Å². The maximum Gasteiger partial charge on any atom is 0.253 e. The lowest BCUT2D eigenvalue weighted by Gasteiger charge is -2.21. The molecule has 21 heavy (non-hydrogen) atoms. The van der Waals surface area contributed by atoms with Crippen LogP contribution in [-0.4, -0.2) is 54.3 Å². The molecule has 1 unspecified atom stereocenters. The first-order valence-corrected chi connectivity index (χ1v) is 6.80. The summed E-state index contributed by atoms with van der Waals surface area (Å²) in [5.74, 6) is 5.80. The lowest BCUT2D eigenvalue weighted by Crippen LogP contribution is -2.36. The number of carbonyl (C=O) groups is 1. The predicted molar refractivity (Wildman–Crippen MR) is 81.0 cm³/mol. The van der Waals surface area contributed by atoms with Crippen LogP contribution in [0.3, 0.4) is 0 Å². The smallest absolute Gasteiger partial charge is 0.253 e. The molecule has 0 aliphatic heterocycles. The summed E-state index contributed by atoms with van der Waals surface area (Å²) in [4.78, 5) is 18.2. The third kappa shape index (κ3) is 4.96. The molecule has 0 radical (unpaired) electrons. The zero-order valence-corrected chi connectivity index (χ0v) is 13.0. The van der Waals surface area contributed by atoms with E-state index < -0.39 is 6.10 Å². The van der Waals surface area contributed by atoms with E-state index in [1.165, 1.54) is 12.0 Å². The fraction of sp³-hybridized carbons (Fsp3) is 0.571. The van der Waals surface area contributed by atoms with E-state index in [1.54, 1.807) is 19.2 Å². The number of nitrogens with zero attached hydrogens (tertiary/aromatic N) is 2. The maximum atomic E-state index is 12.4. The van der Waals surface area contributed by atoms with Gasteiger partial charge < -0.3 is 20.2 Å². The van der Waals surface area contributed by atoms with Gasteiger partial charge in [-0.3, -0.25) is 4.79 Å². The molecule has 0 aliphatic carbocycles. The van der Waals surface area contributed by atoms with Gasteiger partial charge in [-0.25, -0.2) is 10.8 Å². The van der Waals surface area contributed by atoms with Gasteiger partial charge >= 0.3 is 0 Å². The third-order valence-electron chi connectivity index (χ3n) is 3.02. The minimum atomic E-state index is -0.720. The van der Waals surface area contributed by atoms with Crippen LogP contribution in [0.5, 0.6) is 0 Å². The SMILES string of the molecule is COCC(O)CN(C)C(=O)c1cc(NN)nc(C(C)C)c1. The van der Waals surface area contributed by atoms with Gasteiger partial charge in [-0.05, 0) is 18.1 Å². The second-order valence-electron chi connectivity index (χ2n) is 5.26. The van der Waals surface area contributed by atoms with E-state index in [4.69, 9.17) is 10.6 Å². The second kappa shape index (κ2) is 7.92. The molecule has 7 heteroatoms. The van der Waals surface area contributed by atoms with Gasteiger partial charge in [0.1, 0.15) is 5.82 Å². The fourth-order valence-corrected chi connectivity index (χ4v) is 1.91. The van der Waals surface area contributed by atoms with Crippen LogP contribution in [0.1, 0.15) is 35.8 Å². The monoisotopic (exact) mass is 296 g/mol. The van der Waals surface area contributed by atoms with Crippen LogP contribution in [0, 0.1) is 0 Å². The fourth-order valence-electron chi connectivity index (χ4n) is 1.91. The molecule has 1 atom stereocenters. The number of likely N-dealkylation sites (N-methyl/N-ethyl adjacent to an activating group) is 1. The number of aliphatic hydroxyl groups is 1. The molecule has 118 valence electrons. The highest BCUT2D eigenvalue weighted by Crippen LogP contribution is 2.18. The Bertz CT molecular complexity index is 479.